The van der Waals surface area contributed by atoms with E-state index in [2.05, 4.69) is 28.9 Å². The number of hydrogen-bond acceptors (Lipinski definition) is 8. The number of benzene rings is 2. The second-order valence-electron chi connectivity index (χ2n) is 7.46. The summed E-state index contributed by atoms with van der Waals surface area (Å²) >= 11 is 0. The van der Waals surface area contributed by atoms with Crippen LogP contribution in [0.4, 0.5) is 0 Å². The smallest absolute Gasteiger partial charge is 0.161 e. The molecule has 0 spiro atoms. The van der Waals surface area contributed by atoms with Crippen LogP contribution in [0, 0.1) is 0 Å². The van der Waals surface area contributed by atoms with Crippen molar-refractivity contribution < 1.29 is 23.8 Å². The number of nitrogens with zero attached hydrogens (tertiary/aromatic N) is 3. The van der Waals surface area contributed by atoms with Crippen molar-refractivity contribution in [1.29, 1.82) is 0 Å². The summed E-state index contributed by atoms with van der Waals surface area (Å²) in [7, 11) is 6.44. The number of aromatic nitrogens is 1. The molecule has 0 saturated carbocycles. The highest BCUT2D eigenvalue weighted by atomic mass is 16.6. The molecule has 34 heavy (non-hydrogen) atoms. The normalized spacial score (nSPS) is 11.6. The van der Waals surface area contributed by atoms with Crippen LogP contribution in [0.3, 0.4) is 0 Å². The van der Waals surface area contributed by atoms with Crippen LogP contribution in [0.1, 0.15) is 25.1 Å². The van der Waals surface area contributed by atoms with Crippen molar-refractivity contribution in [3.8, 4) is 23.0 Å². The van der Waals surface area contributed by atoms with Gasteiger partial charge in [-0.1, -0.05) is 19.0 Å². The van der Waals surface area contributed by atoms with Crippen LogP contribution in [0.2, 0.25) is 0 Å². The summed E-state index contributed by atoms with van der Waals surface area (Å²) in [6.45, 7) is 7.41. The van der Waals surface area contributed by atoms with E-state index in [0.29, 0.717) is 41.0 Å². The zero-order chi connectivity index (χ0) is 24.5. The molecule has 0 amide bonds. The molecule has 0 fully saturated rings. The highest BCUT2D eigenvalue weighted by Crippen LogP contribution is 2.35. The average molecular weight is 468 g/mol. The van der Waals surface area contributed by atoms with E-state index in [1.165, 1.54) is 0 Å². The number of methoxy groups -OCH3 is 4. The Bertz CT molecular complexity index is 1130. The molecule has 0 radical (unpaired) electrons. The molecular weight excluding hydrogens is 434 g/mol. The summed E-state index contributed by atoms with van der Waals surface area (Å²) in [6.07, 6.45) is 1.75. The lowest BCUT2D eigenvalue weighted by Gasteiger charge is -2.17. The fourth-order valence-electron chi connectivity index (χ4n) is 3.72. The number of rotatable bonds is 12. The third-order valence-corrected chi connectivity index (χ3v) is 5.70. The molecule has 0 bridgehead atoms. The van der Waals surface area contributed by atoms with Crippen molar-refractivity contribution in [3.63, 3.8) is 0 Å². The Balaban J connectivity index is 2.12. The summed E-state index contributed by atoms with van der Waals surface area (Å²) in [6, 6.07) is 11.4. The van der Waals surface area contributed by atoms with E-state index in [-0.39, 0.29) is 0 Å². The molecule has 182 valence electrons. The largest absolute Gasteiger partial charge is 0.493 e. The van der Waals surface area contributed by atoms with Gasteiger partial charge in [-0.05, 0) is 54.9 Å². The molecule has 0 aliphatic carbocycles. The number of hydrogen-bond donors (Lipinski definition) is 0. The van der Waals surface area contributed by atoms with E-state index in [0.717, 1.165) is 36.0 Å². The average Bonchev–Trinajstić information content (AvgIpc) is 2.89. The molecule has 0 aliphatic rings. The summed E-state index contributed by atoms with van der Waals surface area (Å²) < 4.78 is 21.9. The van der Waals surface area contributed by atoms with E-state index in [1.54, 1.807) is 34.6 Å². The summed E-state index contributed by atoms with van der Waals surface area (Å²) in [4.78, 5) is 12.7. The molecule has 3 rings (SSSR count). The number of likely N-dealkylation sites (N-methyl/N-ethyl adjacent to an activating group) is 1. The van der Waals surface area contributed by atoms with E-state index in [9.17, 15) is 0 Å². The predicted octanol–water partition coefficient (Wildman–Crippen LogP) is 4.38. The van der Waals surface area contributed by atoms with Gasteiger partial charge < -0.3 is 28.7 Å². The van der Waals surface area contributed by atoms with Gasteiger partial charge in [0.25, 0.3) is 0 Å². The number of pyridine rings is 1. The second-order valence-corrected chi connectivity index (χ2v) is 7.46. The highest BCUT2D eigenvalue weighted by Gasteiger charge is 2.18. The monoisotopic (exact) mass is 467 g/mol. The lowest BCUT2D eigenvalue weighted by Crippen LogP contribution is -2.26. The first kappa shape index (κ1) is 25.1. The quantitative estimate of drug-likeness (QED) is 0.222. The lowest BCUT2D eigenvalue weighted by atomic mass is 10.0. The topological polar surface area (TPSA) is 74.6 Å². The molecule has 1 heterocycles. The molecule has 2 aromatic carbocycles. The maximum atomic E-state index is 5.80. The van der Waals surface area contributed by atoms with Crippen molar-refractivity contribution in [2.75, 3.05) is 54.7 Å². The van der Waals surface area contributed by atoms with Crippen LogP contribution in [0.15, 0.2) is 47.8 Å². The zero-order valence-electron chi connectivity index (χ0n) is 20.8. The Kier molecular flexibility index (Phi) is 8.93. The van der Waals surface area contributed by atoms with Gasteiger partial charge in [0.05, 0.1) is 28.4 Å². The maximum Gasteiger partial charge on any atom is 0.161 e. The van der Waals surface area contributed by atoms with Crippen LogP contribution in [-0.4, -0.2) is 70.3 Å². The first-order chi connectivity index (χ1) is 16.6. The summed E-state index contributed by atoms with van der Waals surface area (Å²) in [5.41, 5.74) is 2.03. The minimum absolute atomic E-state index is 0.459. The molecule has 0 N–H and O–H groups in total. The van der Waals surface area contributed by atoms with Crippen molar-refractivity contribution in [2.24, 2.45) is 5.16 Å². The molecule has 0 saturated heterocycles. The summed E-state index contributed by atoms with van der Waals surface area (Å²) in [5.74, 6) is 2.48. The SMILES string of the molecule is CCN(CC)CCO/N=C(\c1ccc(OC)c(OC)c1)c1nccc2cc(OC)c(OC)cc12. The van der Waals surface area contributed by atoms with Crippen LogP contribution in [0.25, 0.3) is 10.8 Å². The molecule has 1 aromatic heterocycles. The molecule has 0 atom stereocenters. The minimum Gasteiger partial charge on any atom is -0.493 e. The zero-order valence-corrected chi connectivity index (χ0v) is 20.8. The molecule has 8 heteroatoms. The lowest BCUT2D eigenvalue weighted by molar-refractivity contribution is 0.114. The van der Waals surface area contributed by atoms with Crippen LogP contribution < -0.4 is 18.9 Å². The maximum absolute atomic E-state index is 5.80. The third-order valence-electron chi connectivity index (χ3n) is 5.70. The number of fused-ring (bicyclic) bond motifs is 1. The Hall–Kier alpha value is -3.52. The third kappa shape index (κ3) is 5.51. The number of ether oxygens (including phenoxy) is 4. The fraction of sp³-hybridized carbons (Fsp3) is 0.385. The van der Waals surface area contributed by atoms with Crippen molar-refractivity contribution in [3.05, 3.63) is 53.9 Å². The highest BCUT2D eigenvalue weighted by molar-refractivity contribution is 6.18. The van der Waals surface area contributed by atoms with Gasteiger partial charge in [-0.2, -0.15) is 0 Å². The minimum atomic E-state index is 0.459. The van der Waals surface area contributed by atoms with Gasteiger partial charge in [0, 0.05) is 23.7 Å². The Morgan fingerprint density at radius 2 is 1.47 bits per heavy atom. The van der Waals surface area contributed by atoms with E-state index in [4.69, 9.17) is 23.8 Å². The Morgan fingerprint density at radius 3 is 2.12 bits per heavy atom. The molecule has 8 nitrogen and oxygen atoms in total. The van der Waals surface area contributed by atoms with Gasteiger partial charge in [0.1, 0.15) is 18.0 Å². The second kappa shape index (κ2) is 12.1. The molecule has 0 aliphatic heterocycles. The standard InChI is InChI=1S/C26H33N3O5/c1-7-29(8-2)13-14-34-28-25(19-9-10-21(30-3)22(16-19)31-4)26-20-17-24(33-6)23(32-5)15-18(20)11-12-27-26/h9-12,15-17H,7-8,13-14H2,1-6H3/b28-25+. The number of oxime groups is 1. The predicted molar refractivity (Wildman–Crippen MR) is 134 cm³/mol. The van der Waals surface area contributed by atoms with E-state index < -0.39 is 0 Å². The van der Waals surface area contributed by atoms with Crippen molar-refractivity contribution in [2.45, 2.75) is 13.8 Å². The van der Waals surface area contributed by atoms with Gasteiger partial charge in [-0.15, -0.1) is 0 Å². The van der Waals surface area contributed by atoms with Crippen LogP contribution in [-0.2, 0) is 4.84 Å². The van der Waals surface area contributed by atoms with Crippen molar-refractivity contribution in [1.82, 2.24) is 9.88 Å². The molecule has 0 unspecified atom stereocenters. The Morgan fingerprint density at radius 1 is 0.824 bits per heavy atom. The van der Waals surface area contributed by atoms with Crippen LogP contribution >= 0.6 is 0 Å². The van der Waals surface area contributed by atoms with E-state index in [1.807, 2.05) is 36.4 Å². The first-order valence-electron chi connectivity index (χ1n) is 11.3. The first-order valence-corrected chi connectivity index (χ1v) is 11.3. The molecular formula is C26H33N3O5. The van der Waals surface area contributed by atoms with Crippen LogP contribution in [0.5, 0.6) is 23.0 Å². The fourth-order valence-corrected chi connectivity index (χ4v) is 3.72. The molecule has 3 aromatic rings. The van der Waals surface area contributed by atoms with Gasteiger partial charge in [-0.25, -0.2) is 0 Å². The van der Waals surface area contributed by atoms with Gasteiger partial charge in [0.15, 0.2) is 23.0 Å². The Labute approximate surface area is 201 Å². The van der Waals surface area contributed by atoms with Gasteiger partial charge in [-0.3, -0.25) is 4.98 Å². The van der Waals surface area contributed by atoms with Crippen molar-refractivity contribution >= 4 is 16.5 Å². The van der Waals surface area contributed by atoms with Gasteiger partial charge in [0.2, 0.25) is 0 Å². The summed E-state index contributed by atoms with van der Waals surface area (Å²) in [5, 5.41) is 6.35. The van der Waals surface area contributed by atoms with Gasteiger partial charge >= 0.3 is 0 Å². The van der Waals surface area contributed by atoms with E-state index >= 15 is 0 Å².